The van der Waals surface area contributed by atoms with Crippen molar-refractivity contribution < 1.29 is 22.7 Å². The van der Waals surface area contributed by atoms with Gasteiger partial charge in [0.1, 0.15) is 17.0 Å². The van der Waals surface area contributed by atoms with Gasteiger partial charge in [-0.3, -0.25) is 9.59 Å². The van der Waals surface area contributed by atoms with Crippen molar-refractivity contribution in [2.45, 2.75) is 20.0 Å². The smallest absolute Gasteiger partial charge is 0.433 e. The molecule has 0 aliphatic rings. The van der Waals surface area contributed by atoms with E-state index in [2.05, 4.69) is 15.3 Å². The van der Waals surface area contributed by atoms with E-state index >= 15 is 0 Å². The fraction of sp³-hybridized carbons (Fsp3) is 0.211. The van der Waals surface area contributed by atoms with Crippen molar-refractivity contribution in [2.24, 2.45) is 0 Å². The Morgan fingerprint density at radius 2 is 1.89 bits per heavy atom. The molecule has 0 atom stereocenters. The van der Waals surface area contributed by atoms with Crippen molar-refractivity contribution in [1.82, 2.24) is 9.97 Å². The molecule has 0 fully saturated rings. The number of aromatic nitrogens is 2. The Morgan fingerprint density at radius 1 is 1.18 bits per heavy atom. The molecule has 0 unspecified atom stereocenters. The molecule has 2 N–H and O–H groups in total. The van der Waals surface area contributed by atoms with Gasteiger partial charge in [-0.15, -0.1) is 0 Å². The minimum absolute atomic E-state index is 0.0793. The number of pyridine rings is 2. The molecule has 0 bridgehead atoms. The van der Waals surface area contributed by atoms with Crippen LogP contribution in [0, 0.1) is 13.8 Å². The highest BCUT2D eigenvalue weighted by atomic mass is 19.4. The highest BCUT2D eigenvalue weighted by molar-refractivity contribution is 6.13. The molecule has 3 rings (SSSR count). The van der Waals surface area contributed by atoms with Crippen LogP contribution < -0.4 is 15.6 Å². The first-order valence-electron chi connectivity index (χ1n) is 8.18. The van der Waals surface area contributed by atoms with Gasteiger partial charge in [0.05, 0.1) is 12.8 Å². The van der Waals surface area contributed by atoms with E-state index in [4.69, 9.17) is 4.74 Å². The summed E-state index contributed by atoms with van der Waals surface area (Å²) in [6.45, 7) is 3.27. The van der Waals surface area contributed by atoms with Gasteiger partial charge in [0.15, 0.2) is 0 Å². The molecule has 1 amide bonds. The summed E-state index contributed by atoms with van der Waals surface area (Å²) in [6, 6.07) is 4.80. The third-order valence-corrected chi connectivity index (χ3v) is 4.34. The number of rotatable bonds is 3. The molecule has 0 saturated carbocycles. The lowest BCUT2D eigenvalue weighted by Crippen LogP contribution is -2.19. The topological polar surface area (TPSA) is 84.1 Å². The van der Waals surface area contributed by atoms with Crippen molar-refractivity contribution in [3.63, 3.8) is 0 Å². The lowest BCUT2D eigenvalue weighted by molar-refractivity contribution is -0.140. The standard InChI is InChI=1S/C19H16F3N3O3/c1-9-8-23-17(26)10(2)15(9)25-18(27)12-4-6-13(28-3)16-11(12)5-7-14(24-16)19(20,21)22/h4-8H,1-3H3,(H2,23,25,26,27). The van der Waals surface area contributed by atoms with Crippen LogP contribution in [0.15, 0.2) is 35.3 Å². The molecular formula is C19H16F3N3O3. The molecule has 0 aliphatic carbocycles. The molecule has 9 heteroatoms. The number of aromatic amines is 1. The van der Waals surface area contributed by atoms with E-state index in [9.17, 15) is 22.8 Å². The molecular weight excluding hydrogens is 375 g/mol. The van der Waals surface area contributed by atoms with E-state index < -0.39 is 17.8 Å². The van der Waals surface area contributed by atoms with E-state index in [1.807, 2.05) is 0 Å². The number of anilines is 1. The lowest BCUT2D eigenvalue weighted by Gasteiger charge is -2.14. The van der Waals surface area contributed by atoms with Crippen molar-refractivity contribution in [1.29, 1.82) is 0 Å². The zero-order valence-electron chi connectivity index (χ0n) is 15.2. The summed E-state index contributed by atoms with van der Waals surface area (Å²) >= 11 is 0. The number of benzene rings is 1. The molecule has 0 saturated heterocycles. The summed E-state index contributed by atoms with van der Waals surface area (Å²) in [5, 5.41) is 2.86. The van der Waals surface area contributed by atoms with Gasteiger partial charge in [-0.1, -0.05) is 0 Å². The van der Waals surface area contributed by atoms with E-state index in [0.29, 0.717) is 16.8 Å². The number of carbonyl (C=O) groups excluding carboxylic acids is 1. The Kier molecular flexibility index (Phi) is 4.84. The maximum absolute atomic E-state index is 13.0. The van der Waals surface area contributed by atoms with E-state index in [-0.39, 0.29) is 27.8 Å². The summed E-state index contributed by atoms with van der Waals surface area (Å²) in [5.74, 6) is -0.466. The average Bonchev–Trinajstić information content (AvgIpc) is 2.66. The van der Waals surface area contributed by atoms with Gasteiger partial charge >= 0.3 is 6.18 Å². The summed E-state index contributed by atoms with van der Waals surface area (Å²) in [7, 11) is 1.30. The number of hydrogen-bond donors (Lipinski definition) is 2. The number of fused-ring (bicyclic) bond motifs is 1. The van der Waals surface area contributed by atoms with Crippen LogP contribution >= 0.6 is 0 Å². The Morgan fingerprint density at radius 3 is 2.54 bits per heavy atom. The summed E-state index contributed by atoms with van der Waals surface area (Å²) in [5.41, 5.74) is -0.100. The number of H-pyrrole nitrogens is 1. The Balaban J connectivity index is 2.12. The first kappa shape index (κ1) is 19.4. The average molecular weight is 391 g/mol. The maximum atomic E-state index is 13.0. The van der Waals surface area contributed by atoms with Gasteiger partial charge in [0.2, 0.25) is 0 Å². The molecule has 0 spiro atoms. The summed E-state index contributed by atoms with van der Waals surface area (Å²) < 4.78 is 44.1. The second-order valence-electron chi connectivity index (χ2n) is 6.16. The van der Waals surface area contributed by atoms with Crippen LogP contribution in [0.5, 0.6) is 5.75 Å². The zero-order chi connectivity index (χ0) is 20.6. The molecule has 2 aromatic heterocycles. The number of methoxy groups -OCH3 is 1. The van der Waals surface area contributed by atoms with Gasteiger partial charge in [0.25, 0.3) is 11.5 Å². The molecule has 1 aromatic carbocycles. The third-order valence-electron chi connectivity index (χ3n) is 4.34. The number of amides is 1. The largest absolute Gasteiger partial charge is 0.494 e. The number of nitrogens with zero attached hydrogens (tertiary/aromatic N) is 1. The quantitative estimate of drug-likeness (QED) is 0.711. The maximum Gasteiger partial charge on any atom is 0.433 e. The van der Waals surface area contributed by atoms with Crippen LogP contribution in [-0.4, -0.2) is 23.0 Å². The molecule has 0 radical (unpaired) electrons. The minimum atomic E-state index is -4.63. The SMILES string of the molecule is COc1ccc(C(=O)Nc2c(C)c[nH]c(=O)c2C)c2ccc(C(F)(F)F)nc12. The lowest BCUT2D eigenvalue weighted by atomic mass is 10.1. The Bertz CT molecular complexity index is 1140. The molecule has 6 nitrogen and oxygen atoms in total. The predicted octanol–water partition coefficient (Wildman–Crippen LogP) is 3.82. The van der Waals surface area contributed by atoms with E-state index in [0.717, 1.165) is 6.07 Å². The highest BCUT2D eigenvalue weighted by Gasteiger charge is 2.33. The number of aryl methyl sites for hydroxylation is 1. The van der Waals surface area contributed by atoms with Crippen LogP contribution in [0.1, 0.15) is 27.2 Å². The second-order valence-corrected chi connectivity index (χ2v) is 6.16. The van der Waals surface area contributed by atoms with Crippen LogP contribution in [-0.2, 0) is 6.18 Å². The molecule has 2 heterocycles. The number of nitrogens with one attached hydrogen (secondary N) is 2. The van der Waals surface area contributed by atoms with Crippen molar-refractivity contribution in [3.8, 4) is 5.75 Å². The van der Waals surface area contributed by atoms with Crippen molar-refractivity contribution in [2.75, 3.05) is 12.4 Å². The molecule has 28 heavy (non-hydrogen) atoms. The third kappa shape index (κ3) is 3.42. The van der Waals surface area contributed by atoms with E-state index in [1.54, 1.807) is 13.8 Å². The molecule has 146 valence electrons. The van der Waals surface area contributed by atoms with Crippen molar-refractivity contribution >= 4 is 22.5 Å². The van der Waals surface area contributed by atoms with Gasteiger partial charge in [-0.2, -0.15) is 13.2 Å². The minimum Gasteiger partial charge on any atom is -0.494 e. The fourth-order valence-corrected chi connectivity index (χ4v) is 2.85. The van der Waals surface area contributed by atoms with Crippen LogP contribution in [0.3, 0.4) is 0 Å². The van der Waals surface area contributed by atoms with Crippen LogP contribution in [0.25, 0.3) is 10.9 Å². The van der Waals surface area contributed by atoms with Gasteiger partial charge in [-0.05, 0) is 43.7 Å². The zero-order valence-corrected chi connectivity index (χ0v) is 15.2. The fourth-order valence-electron chi connectivity index (χ4n) is 2.85. The van der Waals surface area contributed by atoms with E-state index in [1.165, 1.54) is 31.5 Å². The highest BCUT2D eigenvalue weighted by Crippen LogP contribution is 2.33. The summed E-state index contributed by atoms with van der Waals surface area (Å²) in [4.78, 5) is 30.8. The number of ether oxygens (including phenoxy) is 1. The predicted molar refractivity (Wildman–Crippen MR) is 97.8 cm³/mol. The number of hydrogen-bond acceptors (Lipinski definition) is 4. The number of carbonyl (C=O) groups is 1. The van der Waals surface area contributed by atoms with Crippen LogP contribution in [0.4, 0.5) is 18.9 Å². The first-order chi connectivity index (χ1) is 13.1. The second kappa shape index (κ2) is 6.99. The summed E-state index contributed by atoms with van der Waals surface area (Å²) in [6.07, 6.45) is -3.16. The number of alkyl halides is 3. The van der Waals surface area contributed by atoms with Gasteiger partial charge in [-0.25, -0.2) is 4.98 Å². The normalized spacial score (nSPS) is 11.5. The van der Waals surface area contributed by atoms with Crippen molar-refractivity contribution in [3.05, 3.63) is 63.2 Å². The van der Waals surface area contributed by atoms with Crippen LogP contribution in [0.2, 0.25) is 0 Å². The monoisotopic (exact) mass is 391 g/mol. The Labute approximate surface area is 157 Å². The molecule has 3 aromatic rings. The van der Waals surface area contributed by atoms with Gasteiger partial charge in [0, 0.05) is 22.7 Å². The molecule has 0 aliphatic heterocycles. The van der Waals surface area contributed by atoms with Gasteiger partial charge < -0.3 is 15.0 Å². The Hall–Kier alpha value is -3.36. The number of halogens is 3. The first-order valence-corrected chi connectivity index (χ1v) is 8.18.